The second kappa shape index (κ2) is 4.70. The van der Waals surface area contributed by atoms with Crippen LogP contribution < -0.4 is 0 Å². The summed E-state index contributed by atoms with van der Waals surface area (Å²) in [5.41, 5.74) is -1.60. The van der Waals surface area contributed by atoms with Gasteiger partial charge in [0.15, 0.2) is 0 Å². The van der Waals surface area contributed by atoms with Gasteiger partial charge in [0.25, 0.3) is 0 Å². The average molecular weight is 284 g/mol. The molecule has 2 unspecified atom stereocenters. The quantitative estimate of drug-likeness (QED) is 0.713. The van der Waals surface area contributed by atoms with E-state index in [1.165, 1.54) is 0 Å². The van der Waals surface area contributed by atoms with Gasteiger partial charge in [-0.1, -0.05) is 0 Å². The van der Waals surface area contributed by atoms with E-state index < -0.39 is 22.8 Å². The van der Waals surface area contributed by atoms with Gasteiger partial charge in [0.1, 0.15) is 0 Å². The molecule has 0 amide bonds. The molecule has 0 aromatic heterocycles. The van der Waals surface area contributed by atoms with E-state index in [0.29, 0.717) is 51.7 Å². The Labute approximate surface area is 117 Å². The van der Waals surface area contributed by atoms with Gasteiger partial charge in [-0.25, -0.2) is 0 Å². The third-order valence-electron chi connectivity index (χ3n) is 5.11. The third-order valence-corrected chi connectivity index (χ3v) is 5.11. The Morgan fingerprint density at radius 1 is 0.850 bits per heavy atom. The minimum Gasteiger partial charge on any atom is -0.481 e. The number of ether oxygens (including phenoxy) is 2. The highest BCUT2D eigenvalue weighted by atomic mass is 16.6. The third kappa shape index (κ3) is 2.54. The van der Waals surface area contributed by atoms with Crippen molar-refractivity contribution in [1.82, 2.24) is 0 Å². The summed E-state index contributed by atoms with van der Waals surface area (Å²) in [6.45, 7) is 1.27. The van der Waals surface area contributed by atoms with Gasteiger partial charge in [-0.05, 0) is 38.5 Å². The minimum atomic E-state index is -0.810. The van der Waals surface area contributed by atoms with E-state index in [1.54, 1.807) is 0 Å². The smallest absolute Gasteiger partial charge is 0.309 e. The number of carboxylic acids is 2. The number of epoxide rings is 2. The topological polar surface area (TPSA) is 99.7 Å². The van der Waals surface area contributed by atoms with E-state index in [4.69, 9.17) is 9.47 Å². The van der Waals surface area contributed by atoms with Gasteiger partial charge in [-0.15, -0.1) is 0 Å². The van der Waals surface area contributed by atoms with Gasteiger partial charge in [-0.3, -0.25) is 9.59 Å². The van der Waals surface area contributed by atoms with Crippen LogP contribution in [0.5, 0.6) is 0 Å². The highest BCUT2D eigenvalue weighted by molar-refractivity contribution is 5.78. The van der Waals surface area contributed by atoms with Crippen LogP contribution in [0.25, 0.3) is 0 Å². The fraction of sp³-hybridized carbons (Fsp3) is 0.857. The van der Waals surface area contributed by atoms with Gasteiger partial charge >= 0.3 is 11.9 Å². The van der Waals surface area contributed by atoms with Gasteiger partial charge in [0, 0.05) is 0 Å². The Balaban J connectivity index is 1.71. The number of hydrogen-bond acceptors (Lipinski definition) is 4. The van der Waals surface area contributed by atoms with Crippen LogP contribution in [0.3, 0.4) is 0 Å². The van der Waals surface area contributed by atoms with Crippen LogP contribution in [0, 0.1) is 10.8 Å². The lowest BCUT2D eigenvalue weighted by Gasteiger charge is -2.42. The molecule has 2 heterocycles. The summed E-state index contributed by atoms with van der Waals surface area (Å²) in [5, 5.41) is 19.1. The fourth-order valence-corrected chi connectivity index (χ4v) is 3.46. The standard InChI is InChI=1S/C14H20O6/c15-11(16)13(5-9-7-19-9)1-2-14(4-3-13,12(17)18)6-10-8-20-10/h9-10H,1-8H2,(H,15,16)(H,17,18). The van der Waals surface area contributed by atoms with Crippen molar-refractivity contribution in [2.45, 2.75) is 50.7 Å². The largest absolute Gasteiger partial charge is 0.481 e. The molecule has 3 aliphatic rings. The molecule has 112 valence electrons. The monoisotopic (exact) mass is 284 g/mol. The van der Waals surface area contributed by atoms with Crippen LogP contribution in [0.4, 0.5) is 0 Å². The number of hydrogen-bond donors (Lipinski definition) is 2. The first-order chi connectivity index (χ1) is 9.46. The summed E-state index contributed by atoms with van der Waals surface area (Å²) in [6, 6.07) is 0. The average Bonchev–Trinajstić information content (AvgIpc) is 3.27. The first-order valence-electron chi connectivity index (χ1n) is 7.16. The van der Waals surface area contributed by atoms with Crippen molar-refractivity contribution in [1.29, 1.82) is 0 Å². The molecular weight excluding hydrogens is 264 g/mol. The normalized spacial score (nSPS) is 43.0. The predicted octanol–water partition coefficient (Wildman–Crippen LogP) is 1.28. The Hall–Kier alpha value is -1.14. The molecular formula is C14H20O6. The molecule has 1 saturated carbocycles. The second-order valence-corrected chi connectivity index (χ2v) is 6.49. The number of carbonyl (C=O) groups is 2. The number of rotatable bonds is 6. The summed E-state index contributed by atoms with van der Waals surface area (Å²) in [4.78, 5) is 23.3. The van der Waals surface area contributed by atoms with Crippen LogP contribution in [0.15, 0.2) is 0 Å². The zero-order chi connectivity index (χ0) is 14.4. The van der Waals surface area contributed by atoms with Crippen molar-refractivity contribution in [3.05, 3.63) is 0 Å². The SMILES string of the molecule is O=C(O)C1(CC2CO2)CCC(CC2CO2)(C(=O)O)CC1. The van der Waals surface area contributed by atoms with Crippen molar-refractivity contribution in [3.63, 3.8) is 0 Å². The highest BCUT2D eigenvalue weighted by Gasteiger charge is 2.54. The summed E-state index contributed by atoms with van der Waals surface area (Å²) in [7, 11) is 0. The van der Waals surface area contributed by atoms with Gasteiger partial charge in [-0.2, -0.15) is 0 Å². The van der Waals surface area contributed by atoms with E-state index in [-0.39, 0.29) is 12.2 Å². The molecule has 0 aromatic carbocycles. The molecule has 2 saturated heterocycles. The molecule has 0 radical (unpaired) electrons. The first kappa shape index (κ1) is 13.8. The first-order valence-corrected chi connectivity index (χ1v) is 7.16. The fourth-order valence-electron chi connectivity index (χ4n) is 3.46. The van der Waals surface area contributed by atoms with Gasteiger partial charge < -0.3 is 19.7 Å². The molecule has 0 aromatic rings. The van der Waals surface area contributed by atoms with E-state index in [2.05, 4.69) is 0 Å². The predicted molar refractivity (Wildman–Crippen MR) is 67.3 cm³/mol. The lowest BCUT2D eigenvalue weighted by Crippen LogP contribution is -2.44. The van der Waals surface area contributed by atoms with Crippen LogP contribution in [-0.4, -0.2) is 47.6 Å². The van der Waals surface area contributed by atoms with Crippen molar-refractivity contribution in [2.24, 2.45) is 10.8 Å². The van der Waals surface area contributed by atoms with Crippen molar-refractivity contribution in [3.8, 4) is 0 Å². The maximum atomic E-state index is 11.6. The Bertz CT molecular complexity index is 375. The Morgan fingerprint density at radius 3 is 1.35 bits per heavy atom. The molecule has 2 atom stereocenters. The summed E-state index contributed by atoms with van der Waals surface area (Å²) in [6.07, 6.45) is 2.80. The maximum Gasteiger partial charge on any atom is 0.309 e. The van der Waals surface area contributed by atoms with E-state index in [9.17, 15) is 19.8 Å². The van der Waals surface area contributed by atoms with Crippen LogP contribution in [0.1, 0.15) is 38.5 Å². The lowest BCUT2D eigenvalue weighted by atomic mass is 9.60. The van der Waals surface area contributed by atoms with Crippen molar-refractivity contribution >= 4 is 11.9 Å². The Morgan fingerprint density at radius 2 is 1.15 bits per heavy atom. The molecule has 3 fully saturated rings. The zero-order valence-corrected chi connectivity index (χ0v) is 11.3. The second-order valence-electron chi connectivity index (χ2n) is 6.49. The summed E-state index contributed by atoms with van der Waals surface area (Å²) in [5.74, 6) is -1.62. The molecule has 6 heteroatoms. The van der Waals surface area contributed by atoms with Crippen molar-refractivity contribution < 1.29 is 29.3 Å². The molecule has 0 spiro atoms. The molecule has 1 aliphatic carbocycles. The summed E-state index contributed by atoms with van der Waals surface area (Å²) >= 11 is 0. The Kier molecular flexibility index (Phi) is 3.25. The van der Waals surface area contributed by atoms with E-state index >= 15 is 0 Å². The van der Waals surface area contributed by atoms with Crippen LogP contribution >= 0.6 is 0 Å². The molecule has 0 bridgehead atoms. The van der Waals surface area contributed by atoms with Crippen LogP contribution in [-0.2, 0) is 19.1 Å². The van der Waals surface area contributed by atoms with Crippen LogP contribution in [0.2, 0.25) is 0 Å². The molecule has 20 heavy (non-hydrogen) atoms. The van der Waals surface area contributed by atoms with Gasteiger partial charge in [0.05, 0.1) is 36.3 Å². The number of carboxylic acid groups (broad SMARTS) is 2. The molecule has 6 nitrogen and oxygen atoms in total. The number of aliphatic carboxylic acids is 2. The van der Waals surface area contributed by atoms with Crippen molar-refractivity contribution in [2.75, 3.05) is 13.2 Å². The molecule has 2 N–H and O–H groups in total. The molecule has 3 rings (SSSR count). The van der Waals surface area contributed by atoms with E-state index in [0.717, 1.165) is 0 Å². The molecule has 2 aliphatic heterocycles. The maximum absolute atomic E-state index is 11.6. The highest BCUT2D eigenvalue weighted by Crippen LogP contribution is 2.52. The summed E-state index contributed by atoms with van der Waals surface area (Å²) < 4.78 is 10.3. The minimum absolute atomic E-state index is 0.0511. The zero-order valence-electron chi connectivity index (χ0n) is 11.3. The van der Waals surface area contributed by atoms with Gasteiger partial charge in [0.2, 0.25) is 0 Å². The van der Waals surface area contributed by atoms with E-state index in [1.807, 2.05) is 0 Å². The lowest BCUT2D eigenvalue weighted by molar-refractivity contribution is -0.162.